The lowest BCUT2D eigenvalue weighted by atomic mass is 10.0. The molecule has 2 aromatic rings. The highest BCUT2D eigenvalue weighted by atomic mass is 14.8. The predicted octanol–water partition coefficient (Wildman–Crippen LogP) is 8.35. The number of hydrogen-bond donors (Lipinski definition) is 0. The fraction of sp³-hybridized carbons (Fsp3) is 0.321. The zero-order valence-corrected chi connectivity index (χ0v) is 19.3. The van der Waals surface area contributed by atoms with Crippen LogP contribution >= 0.6 is 0 Å². The minimum atomic E-state index is 1.03. The first-order chi connectivity index (χ1) is 13.8. The fourth-order valence-electron chi connectivity index (χ4n) is 2.83. The van der Waals surface area contributed by atoms with Crippen molar-refractivity contribution >= 4 is 11.3 Å². The van der Waals surface area contributed by atoms with Crippen molar-refractivity contribution in [2.45, 2.75) is 61.3 Å². The molecule has 2 aromatic carbocycles. The highest BCUT2D eigenvalue weighted by molar-refractivity contribution is 6.00. The molecule has 0 atom stereocenters. The molecule has 0 heterocycles. The SMILES string of the molecule is C=C(C)c1cccc(C(C)=NC(=C/C)/C(C)=C\C)c1.CCCc1ccc(C)cc1. The van der Waals surface area contributed by atoms with E-state index in [1.165, 1.54) is 29.5 Å². The number of rotatable bonds is 6. The van der Waals surface area contributed by atoms with E-state index in [0.717, 1.165) is 28.1 Å². The van der Waals surface area contributed by atoms with E-state index in [-0.39, 0.29) is 0 Å². The molecule has 0 aliphatic carbocycles. The molecule has 0 aromatic heterocycles. The molecule has 2 rings (SSSR count). The van der Waals surface area contributed by atoms with Crippen LogP contribution in [0.5, 0.6) is 0 Å². The zero-order valence-electron chi connectivity index (χ0n) is 19.3. The summed E-state index contributed by atoms with van der Waals surface area (Å²) in [4.78, 5) is 4.72. The van der Waals surface area contributed by atoms with E-state index in [9.17, 15) is 0 Å². The molecular formula is C28H37N. The highest BCUT2D eigenvalue weighted by Crippen LogP contribution is 2.17. The van der Waals surface area contributed by atoms with Gasteiger partial charge in [-0.2, -0.15) is 0 Å². The van der Waals surface area contributed by atoms with Crippen LogP contribution in [0.2, 0.25) is 0 Å². The van der Waals surface area contributed by atoms with E-state index in [1.807, 2.05) is 33.8 Å². The van der Waals surface area contributed by atoms with Gasteiger partial charge in [0, 0.05) is 5.71 Å². The number of aryl methyl sites for hydroxylation is 2. The Morgan fingerprint density at radius 2 is 1.55 bits per heavy atom. The minimum absolute atomic E-state index is 1.03. The summed E-state index contributed by atoms with van der Waals surface area (Å²) in [5, 5.41) is 0. The summed E-state index contributed by atoms with van der Waals surface area (Å²) in [6.07, 6.45) is 6.57. The Kier molecular flexibility index (Phi) is 10.7. The molecule has 0 bridgehead atoms. The number of aliphatic imine (C=N–C) groups is 1. The largest absolute Gasteiger partial charge is 0.253 e. The zero-order chi connectivity index (χ0) is 21.8. The number of hydrogen-bond acceptors (Lipinski definition) is 1. The Hall–Kier alpha value is -2.67. The summed E-state index contributed by atoms with van der Waals surface area (Å²) in [7, 11) is 0. The molecule has 154 valence electrons. The van der Waals surface area contributed by atoms with E-state index in [0.29, 0.717) is 0 Å². The quantitative estimate of drug-likeness (QED) is 0.349. The van der Waals surface area contributed by atoms with Gasteiger partial charge >= 0.3 is 0 Å². The molecule has 1 nitrogen and oxygen atoms in total. The first-order valence-electron chi connectivity index (χ1n) is 10.5. The molecule has 0 unspecified atom stereocenters. The van der Waals surface area contributed by atoms with Crippen LogP contribution in [-0.4, -0.2) is 5.71 Å². The molecule has 1 heteroatoms. The molecule has 0 fully saturated rings. The van der Waals surface area contributed by atoms with Crippen molar-refractivity contribution in [3.8, 4) is 0 Å². The van der Waals surface area contributed by atoms with Crippen LogP contribution < -0.4 is 0 Å². The molecule has 0 radical (unpaired) electrons. The third-order valence-electron chi connectivity index (χ3n) is 4.83. The van der Waals surface area contributed by atoms with Gasteiger partial charge < -0.3 is 0 Å². The van der Waals surface area contributed by atoms with Gasteiger partial charge in [0.05, 0.1) is 5.70 Å². The normalized spacial score (nSPS) is 12.3. The number of benzene rings is 2. The molecule has 0 aliphatic heterocycles. The summed E-state index contributed by atoms with van der Waals surface area (Å²) < 4.78 is 0. The average Bonchev–Trinajstić information content (AvgIpc) is 2.73. The van der Waals surface area contributed by atoms with Crippen molar-refractivity contribution in [3.05, 3.63) is 101 Å². The van der Waals surface area contributed by atoms with E-state index in [4.69, 9.17) is 4.99 Å². The Bertz CT molecular complexity index is 877. The van der Waals surface area contributed by atoms with Crippen LogP contribution in [0.1, 0.15) is 70.2 Å². The smallest absolute Gasteiger partial charge is 0.0616 e. The summed E-state index contributed by atoms with van der Waals surface area (Å²) in [5.41, 5.74) is 9.43. The van der Waals surface area contributed by atoms with Crippen molar-refractivity contribution in [1.82, 2.24) is 0 Å². The van der Waals surface area contributed by atoms with Crippen LogP contribution in [0.15, 0.2) is 83.5 Å². The standard InChI is InChI=1S/C18H23N.C10H14/c1-7-14(5)18(8-2)19-15(6)17-11-9-10-16(12-17)13(3)4;1-3-4-10-7-5-9(2)6-8-10/h7-12H,3H2,1-2,4-6H3;5-8H,3-4H2,1-2H3/b14-7-,18-8+,19-15?;. The molecular weight excluding hydrogens is 350 g/mol. The Labute approximate surface area is 178 Å². The van der Waals surface area contributed by atoms with Crippen molar-refractivity contribution < 1.29 is 0 Å². The fourth-order valence-corrected chi connectivity index (χ4v) is 2.83. The number of allylic oxidation sites excluding steroid dienone is 4. The molecule has 0 aliphatic rings. The van der Waals surface area contributed by atoms with Gasteiger partial charge in [0.1, 0.15) is 0 Å². The third-order valence-corrected chi connectivity index (χ3v) is 4.83. The monoisotopic (exact) mass is 387 g/mol. The topological polar surface area (TPSA) is 12.4 Å². The summed E-state index contributed by atoms with van der Waals surface area (Å²) in [6, 6.07) is 17.1. The van der Waals surface area contributed by atoms with Gasteiger partial charge in [-0.05, 0) is 76.3 Å². The Morgan fingerprint density at radius 1 is 0.931 bits per heavy atom. The third kappa shape index (κ3) is 8.48. The number of nitrogens with zero attached hydrogens (tertiary/aromatic N) is 1. The van der Waals surface area contributed by atoms with Gasteiger partial charge in [-0.3, -0.25) is 4.99 Å². The maximum Gasteiger partial charge on any atom is 0.0616 e. The van der Waals surface area contributed by atoms with E-state index >= 15 is 0 Å². The Balaban J connectivity index is 0.000000352. The summed E-state index contributed by atoms with van der Waals surface area (Å²) in [5.74, 6) is 0. The second-order valence-corrected chi connectivity index (χ2v) is 7.44. The van der Waals surface area contributed by atoms with Crippen molar-refractivity contribution in [2.75, 3.05) is 0 Å². The summed E-state index contributed by atoms with van der Waals surface area (Å²) in [6.45, 7) is 18.5. The van der Waals surface area contributed by atoms with Crippen molar-refractivity contribution in [2.24, 2.45) is 4.99 Å². The maximum atomic E-state index is 4.72. The summed E-state index contributed by atoms with van der Waals surface area (Å²) >= 11 is 0. The first kappa shape index (κ1) is 24.4. The van der Waals surface area contributed by atoms with Gasteiger partial charge in [0.25, 0.3) is 0 Å². The van der Waals surface area contributed by atoms with E-state index in [1.54, 1.807) is 0 Å². The second-order valence-electron chi connectivity index (χ2n) is 7.44. The maximum absolute atomic E-state index is 4.72. The molecule has 0 saturated heterocycles. The van der Waals surface area contributed by atoms with Crippen LogP contribution in [0.3, 0.4) is 0 Å². The lowest BCUT2D eigenvalue weighted by Gasteiger charge is -2.07. The molecule has 0 amide bonds. The molecule has 0 spiro atoms. The van der Waals surface area contributed by atoms with Gasteiger partial charge in [0.15, 0.2) is 0 Å². The van der Waals surface area contributed by atoms with Crippen LogP contribution in [0, 0.1) is 6.92 Å². The lowest BCUT2D eigenvalue weighted by molar-refractivity contribution is 0.921. The van der Waals surface area contributed by atoms with Gasteiger partial charge in [0.2, 0.25) is 0 Å². The first-order valence-corrected chi connectivity index (χ1v) is 10.5. The minimum Gasteiger partial charge on any atom is -0.253 e. The van der Waals surface area contributed by atoms with E-state index < -0.39 is 0 Å². The second kappa shape index (κ2) is 12.7. The molecule has 29 heavy (non-hydrogen) atoms. The van der Waals surface area contributed by atoms with Crippen molar-refractivity contribution in [3.63, 3.8) is 0 Å². The van der Waals surface area contributed by atoms with Crippen molar-refractivity contribution in [1.29, 1.82) is 0 Å². The van der Waals surface area contributed by atoms with Crippen LogP contribution in [0.4, 0.5) is 0 Å². The van der Waals surface area contributed by atoms with Crippen LogP contribution in [0.25, 0.3) is 5.57 Å². The van der Waals surface area contributed by atoms with Gasteiger partial charge in [-0.15, -0.1) is 0 Å². The predicted molar refractivity (Wildman–Crippen MR) is 132 cm³/mol. The van der Waals surface area contributed by atoms with Gasteiger partial charge in [-0.25, -0.2) is 0 Å². The van der Waals surface area contributed by atoms with E-state index in [2.05, 4.69) is 82.0 Å². The van der Waals surface area contributed by atoms with Crippen LogP contribution in [-0.2, 0) is 6.42 Å². The average molecular weight is 388 g/mol. The highest BCUT2D eigenvalue weighted by Gasteiger charge is 2.02. The Morgan fingerprint density at radius 3 is 2.07 bits per heavy atom. The molecule has 0 saturated carbocycles. The lowest BCUT2D eigenvalue weighted by Crippen LogP contribution is -1.97. The molecule has 0 N–H and O–H groups in total. The van der Waals surface area contributed by atoms with Gasteiger partial charge in [-0.1, -0.05) is 85.7 Å².